The van der Waals surface area contributed by atoms with Crippen molar-refractivity contribution in [2.75, 3.05) is 13.2 Å². The van der Waals surface area contributed by atoms with Crippen molar-refractivity contribution in [2.24, 2.45) is 0 Å². The van der Waals surface area contributed by atoms with Gasteiger partial charge < -0.3 is 14.5 Å². The fourth-order valence-corrected chi connectivity index (χ4v) is 2.31. The lowest BCUT2D eigenvalue weighted by Gasteiger charge is -2.04. The molecule has 0 aliphatic rings. The minimum absolute atomic E-state index is 0.186. The van der Waals surface area contributed by atoms with Crippen LogP contribution in [0.15, 0.2) is 18.2 Å². The van der Waals surface area contributed by atoms with E-state index in [0.29, 0.717) is 18.8 Å². The van der Waals surface area contributed by atoms with Crippen LogP contribution >= 0.6 is 0 Å². The number of carbonyl (C=O) groups excluding carboxylic acids is 2. The molecule has 5 nitrogen and oxygen atoms in total. The minimum atomic E-state index is -0.361. The summed E-state index contributed by atoms with van der Waals surface area (Å²) >= 11 is 0. The summed E-state index contributed by atoms with van der Waals surface area (Å²) in [5.74, 6) is -0.636. The smallest absolute Gasteiger partial charge is 0.338 e. The molecule has 0 spiro atoms. The van der Waals surface area contributed by atoms with Crippen molar-refractivity contribution >= 4 is 22.8 Å². The number of ether oxygens (including phenoxy) is 2. The molecule has 0 aliphatic carbocycles. The number of nitrogens with one attached hydrogen (secondary N) is 1. The molecule has 1 heterocycles. The maximum atomic E-state index is 11.8. The quantitative estimate of drug-likeness (QED) is 0.859. The van der Waals surface area contributed by atoms with E-state index in [1.165, 1.54) is 0 Å². The van der Waals surface area contributed by atoms with Gasteiger partial charge in [0.2, 0.25) is 0 Å². The van der Waals surface area contributed by atoms with Gasteiger partial charge in [0.25, 0.3) is 0 Å². The number of fused-ring (bicyclic) bond motifs is 1. The lowest BCUT2D eigenvalue weighted by Crippen LogP contribution is -2.08. The summed E-state index contributed by atoms with van der Waals surface area (Å²) in [5, 5.41) is 0.853. The molecule has 0 saturated heterocycles. The normalized spacial score (nSPS) is 10.6. The molecule has 0 unspecified atom stereocenters. The Morgan fingerprint density at radius 2 is 1.86 bits per heavy atom. The maximum Gasteiger partial charge on any atom is 0.338 e. The summed E-state index contributed by atoms with van der Waals surface area (Å²) in [4.78, 5) is 26.7. The highest BCUT2D eigenvalue weighted by molar-refractivity contribution is 5.97. The number of H-pyrrole nitrogens is 1. The van der Waals surface area contributed by atoms with E-state index in [4.69, 9.17) is 9.47 Å². The first kappa shape index (κ1) is 15.1. The Morgan fingerprint density at radius 3 is 2.52 bits per heavy atom. The highest BCUT2D eigenvalue weighted by Gasteiger charge is 2.15. The Hall–Kier alpha value is -2.30. The zero-order valence-corrected chi connectivity index (χ0v) is 12.5. The number of carbonyl (C=O) groups is 2. The van der Waals surface area contributed by atoms with Gasteiger partial charge in [-0.15, -0.1) is 0 Å². The Labute approximate surface area is 123 Å². The second-order valence-electron chi connectivity index (χ2n) is 4.69. The van der Waals surface area contributed by atoms with Gasteiger partial charge in [0.05, 0.1) is 25.2 Å². The summed E-state index contributed by atoms with van der Waals surface area (Å²) in [6.45, 7) is 6.13. The molecule has 21 heavy (non-hydrogen) atoms. The topological polar surface area (TPSA) is 68.4 Å². The molecular weight excluding hydrogens is 270 g/mol. The van der Waals surface area contributed by atoms with Gasteiger partial charge in [-0.3, -0.25) is 4.79 Å². The van der Waals surface area contributed by atoms with E-state index in [-0.39, 0.29) is 18.4 Å². The molecule has 0 aliphatic heterocycles. The Balaban J connectivity index is 2.40. The van der Waals surface area contributed by atoms with Crippen LogP contribution in [-0.4, -0.2) is 30.1 Å². The van der Waals surface area contributed by atoms with E-state index < -0.39 is 0 Å². The van der Waals surface area contributed by atoms with Gasteiger partial charge in [-0.2, -0.15) is 0 Å². The van der Waals surface area contributed by atoms with Gasteiger partial charge in [0, 0.05) is 16.6 Å². The van der Waals surface area contributed by atoms with E-state index >= 15 is 0 Å². The third-order valence-corrected chi connectivity index (χ3v) is 3.26. The number of esters is 2. The largest absolute Gasteiger partial charge is 0.466 e. The van der Waals surface area contributed by atoms with Gasteiger partial charge in [0.1, 0.15) is 0 Å². The van der Waals surface area contributed by atoms with Crippen LogP contribution in [0.25, 0.3) is 10.9 Å². The molecule has 0 bridgehead atoms. The SMILES string of the molecule is CCOC(=O)Cc1c(C)[nH]c2ccc(C(=O)OCC)cc12. The van der Waals surface area contributed by atoms with Crippen molar-refractivity contribution in [2.45, 2.75) is 27.2 Å². The van der Waals surface area contributed by atoms with Gasteiger partial charge in [0.15, 0.2) is 0 Å². The molecule has 2 aromatic rings. The summed E-state index contributed by atoms with van der Waals surface area (Å²) in [6.07, 6.45) is 0.186. The van der Waals surface area contributed by atoms with Gasteiger partial charge in [-0.1, -0.05) is 0 Å². The van der Waals surface area contributed by atoms with Crippen LogP contribution in [0, 0.1) is 6.92 Å². The first-order chi connectivity index (χ1) is 10.1. The summed E-state index contributed by atoms with van der Waals surface area (Å²) in [6, 6.07) is 5.29. The number of aromatic amines is 1. The standard InChI is InChI=1S/C16H19NO4/c1-4-20-15(18)9-12-10(3)17-14-7-6-11(8-13(12)14)16(19)21-5-2/h6-8,17H,4-5,9H2,1-3H3. The molecule has 0 atom stereocenters. The Morgan fingerprint density at radius 1 is 1.14 bits per heavy atom. The van der Waals surface area contributed by atoms with Crippen LogP contribution in [0.5, 0.6) is 0 Å². The van der Waals surface area contributed by atoms with E-state index in [0.717, 1.165) is 22.2 Å². The predicted octanol–water partition coefficient (Wildman–Crippen LogP) is 2.76. The van der Waals surface area contributed by atoms with Gasteiger partial charge in [-0.25, -0.2) is 4.79 Å². The Kier molecular flexibility index (Phi) is 4.62. The van der Waals surface area contributed by atoms with Crippen LogP contribution in [0.1, 0.15) is 35.5 Å². The molecule has 112 valence electrons. The van der Waals surface area contributed by atoms with E-state index in [9.17, 15) is 9.59 Å². The van der Waals surface area contributed by atoms with Crippen molar-refractivity contribution in [3.05, 3.63) is 35.0 Å². The summed E-state index contributed by atoms with van der Waals surface area (Å²) in [7, 11) is 0. The molecule has 5 heteroatoms. The number of benzene rings is 1. The van der Waals surface area contributed by atoms with E-state index in [1.54, 1.807) is 26.0 Å². The van der Waals surface area contributed by atoms with E-state index in [2.05, 4.69) is 4.98 Å². The lowest BCUT2D eigenvalue weighted by atomic mass is 10.1. The first-order valence-electron chi connectivity index (χ1n) is 7.00. The van der Waals surface area contributed by atoms with Crippen molar-refractivity contribution in [1.82, 2.24) is 4.98 Å². The molecule has 0 fully saturated rings. The second-order valence-corrected chi connectivity index (χ2v) is 4.69. The van der Waals surface area contributed by atoms with Crippen LogP contribution in [0.3, 0.4) is 0 Å². The zero-order valence-electron chi connectivity index (χ0n) is 12.5. The maximum absolute atomic E-state index is 11.8. The van der Waals surface area contributed by atoms with Crippen molar-refractivity contribution in [3.8, 4) is 0 Å². The molecule has 0 amide bonds. The van der Waals surface area contributed by atoms with Crippen molar-refractivity contribution in [1.29, 1.82) is 0 Å². The molecule has 1 N–H and O–H groups in total. The highest BCUT2D eigenvalue weighted by atomic mass is 16.5. The minimum Gasteiger partial charge on any atom is -0.466 e. The number of hydrogen-bond donors (Lipinski definition) is 1. The second kappa shape index (κ2) is 6.43. The average Bonchev–Trinajstić information content (AvgIpc) is 2.75. The average molecular weight is 289 g/mol. The van der Waals surface area contributed by atoms with Gasteiger partial charge in [-0.05, 0) is 44.5 Å². The fourth-order valence-electron chi connectivity index (χ4n) is 2.31. The lowest BCUT2D eigenvalue weighted by molar-refractivity contribution is -0.142. The molecule has 0 radical (unpaired) electrons. The zero-order chi connectivity index (χ0) is 15.4. The van der Waals surface area contributed by atoms with Crippen LogP contribution in [-0.2, 0) is 20.7 Å². The summed E-state index contributed by atoms with van der Waals surface area (Å²) < 4.78 is 9.99. The first-order valence-corrected chi connectivity index (χ1v) is 7.00. The third kappa shape index (κ3) is 3.24. The van der Waals surface area contributed by atoms with Crippen molar-refractivity contribution in [3.63, 3.8) is 0 Å². The highest BCUT2D eigenvalue weighted by Crippen LogP contribution is 2.24. The van der Waals surface area contributed by atoms with Crippen LogP contribution in [0.2, 0.25) is 0 Å². The predicted molar refractivity (Wildman–Crippen MR) is 79.3 cm³/mol. The number of aromatic nitrogens is 1. The van der Waals surface area contributed by atoms with E-state index in [1.807, 2.05) is 13.0 Å². The Bertz CT molecular complexity index is 672. The number of rotatable bonds is 5. The monoisotopic (exact) mass is 289 g/mol. The number of aryl methyl sites for hydroxylation is 1. The fraction of sp³-hybridized carbons (Fsp3) is 0.375. The summed E-state index contributed by atoms with van der Waals surface area (Å²) in [5.41, 5.74) is 3.13. The molecule has 2 rings (SSSR count). The van der Waals surface area contributed by atoms with Gasteiger partial charge >= 0.3 is 11.9 Å². The molecule has 1 aromatic carbocycles. The number of hydrogen-bond acceptors (Lipinski definition) is 4. The molecule has 1 aromatic heterocycles. The molecule has 0 saturated carbocycles. The van der Waals surface area contributed by atoms with Crippen molar-refractivity contribution < 1.29 is 19.1 Å². The molecular formula is C16H19NO4. The van der Waals surface area contributed by atoms with Crippen LogP contribution in [0.4, 0.5) is 0 Å². The third-order valence-electron chi connectivity index (χ3n) is 3.26. The van der Waals surface area contributed by atoms with Crippen LogP contribution < -0.4 is 0 Å².